The summed E-state index contributed by atoms with van der Waals surface area (Å²) < 4.78 is 84.1. The zero-order valence-electron chi connectivity index (χ0n) is 16.2. The van der Waals surface area contributed by atoms with Gasteiger partial charge < -0.3 is 0 Å². The van der Waals surface area contributed by atoms with Gasteiger partial charge in [-0.2, -0.15) is 16.8 Å². The molecule has 0 aliphatic carbocycles. The Bertz CT molecular complexity index is 1330. The molecule has 1 fully saturated rings. The first-order valence-corrected chi connectivity index (χ1v) is 13.4. The fourth-order valence-electron chi connectivity index (χ4n) is 2.90. The van der Waals surface area contributed by atoms with Crippen LogP contribution in [-0.4, -0.2) is 58.8 Å². The molecule has 14 nitrogen and oxygen atoms in total. The predicted octanol–water partition coefficient (Wildman–Crippen LogP) is 0.779. The van der Waals surface area contributed by atoms with E-state index < -0.39 is 84.8 Å². The molecule has 0 unspecified atom stereocenters. The van der Waals surface area contributed by atoms with E-state index in [9.17, 15) is 45.5 Å². The van der Waals surface area contributed by atoms with Gasteiger partial charge in [0.1, 0.15) is 22.0 Å². The summed E-state index contributed by atoms with van der Waals surface area (Å²) in [6.07, 6.45) is -3.60. The summed E-state index contributed by atoms with van der Waals surface area (Å²) >= 11 is 0. The van der Waals surface area contributed by atoms with Crippen LogP contribution in [0.2, 0.25) is 0 Å². The summed E-state index contributed by atoms with van der Waals surface area (Å²) in [4.78, 5) is 18.8. The van der Waals surface area contributed by atoms with Crippen LogP contribution in [-0.2, 0) is 38.4 Å². The molecule has 0 N–H and O–H groups in total. The van der Waals surface area contributed by atoms with Crippen LogP contribution in [0.25, 0.3) is 0 Å². The van der Waals surface area contributed by atoms with Gasteiger partial charge in [-0.25, -0.2) is 8.42 Å². The molecule has 0 aromatic heterocycles. The molecule has 1 saturated heterocycles. The second-order valence-electron chi connectivity index (χ2n) is 6.76. The third-order valence-electron chi connectivity index (χ3n) is 4.39. The standard InChI is InChI=1S/C16H14N2O12S3/c19-17(20)11-3-1-5-13(7-11)32(25,26)29-15-9-31(23,24)10-16(15)30-33(27,28)14-6-2-4-12(8-14)18(21)22/h1-8,15-16H,9-10H2/t15-,16+. The van der Waals surface area contributed by atoms with Crippen LogP contribution in [0.15, 0.2) is 58.3 Å². The maximum atomic E-state index is 12.6. The number of hydrogen-bond acceptors (Lipinski definition) is 12. The second kappa shape index (κ2) is 8.75. The van der Waals surface area contributed by atoms with Crippen molar-refractivity contribution < 1.29 is 43.5 Å². The van der Waals surface area contributed by atoms with E-state index in [1.54, 1.807) is 0 Å². The molecule has 0 spiro atoms. The first-order valence-electron chi connectivity index (χ1n) is 8.76. The Morgan fingerprint density at radius 2 is 1.12 bits per heavy atom. The number of nitro groups is 2. The molecular formula is C16H14N2O12S3. The van der Waals surface area contributed by atoms with Crippen molar-refractivity contribution in [3.8, 4) is 0 Å². The fraction of sp³-hybridized carbons (Fsp3) is 0.250. The van der Waals surface area contributed by atoms with Gasteiger partial charge in [-0.1, -0.05) is 12.1 Å². The summed E-state index contributed by atoms with van der Waals surface area (Å²) in [5.41, 5.74) is -1.14. The Kier molecular flexibility index (Phi) is 6.53. The summed E-state index contributed by atoms with van der Waals surface area (Å²) in [7, 11) is -13.5. The zero-order chi connectivity index (χ0) is 24.6. The molecule has 1 aliphatic heterocycles. The summed E-state index contributed by atoms with van der Waals surface area (Å²) in [6.45, 7) is 0. The van der Waals surface area contributed by atoms with Crippen LogP contribution in [0.4, 0.5) is 11.4 Å². The molecule has 2 aromatic rings. The van der Waals surface area contributed by atoms with Gasteiger partial charge in [0.05, 0.1) is 21.4 Å². The average molecular weight is 522 g/mol. The van der Waals surface area contributed by atoms with E-state index in [0.29, 0.717) is 12.1 Å². The monoisotopic (exact) mass is 522 g/mol. The highest BCUT2D eigenvalue weighted by Crippen LogP contribution is 2.28. The van der Waals surface area contributed by atoms with Gasteiger partial charge in [0, 0.05) is 24.3 Å². The normalized spacial score (nSPS) is 20.4. The largest absolute Gasteiger partial charge is 0.297 e. The van der Waals surface area contributed by atoms with E-state index in [0.717, 1.165) is 36.4 Å². The van der Waals surface area contributed by atoms with Crippen molar-refractivity contribution in [3.63, 3.8) is 0 Å². The fourth-order valence-corrected chi connectivity index (χ4v) is 7.06. The Morgan fingerprint density at radius 1 is 0.758 bits per heavy atom. The van der Waals surface area contributed by atoms with Crippen molar-refractivity contribution in [2.45, 2.75) is 22.0 Å². The number of non-ortho nitro benzene ring substituents is 2. The Balaban J connectivity index is 1.89. The average Bonchev–Trinajstić information content (AvgIpc) is 2.99. The minimum atomic E-state index is -4.75. The molecule has 17 heteroatoms. The minimum Gasteiger partial charge on any atom is -0.259 e. The van der Waals surface area contributed by atoms with Crippen molar-refractivity contribution in [2.75, 3.05) is 11.5 Å². The van der Waals surface area contributed by atoms with Gasteiger partial charge in [0.15, 0.2) is 9.84 Å². The van der Waals surface area contributed by atoms with Gasteiger partial charge in [-0.05, 0) is 12.1 Å². The van der Waals surface area contributed by atoms with Gasteiger partial charge in [0.2, 0.25) is 0 Å². The lowest BCUT2D eigenvalue weighted by molar-refractivity contribution is -0.385. The SMILES string of the molecule is O=[N+]([O-])c1cccc(S(=O)(=O)O[C@H]2CS(=O)(=O)C[C@H]2OS(=O)(=O)c2cccc([N+](=O)[O-])c2)c1. The zero-order valence-corrected chi connectivity index (χ0v) is 18.7. The van der Waals surface area contributed by atoms with Crippen LogP contribution in [0.5, 0.6) is 0 Å². The number of sulfone groups is 1. The maximum Gasteiger partial charge on any atom is 0.297 e. The van der Waals surface area contributed by atoms with Gasteiger partial charge in [0.25, 0.3) is 31.6 Å². The molecule has 178 valence electrons. The highest BCUT2D eigenvalue weighted by Gasteiger charge is 2.45. The molecule has 1 heterocycles. The van der Waals surface area contributed by atoms with Gasteiger partial charge >= 0.3 is 0 Å². The highest BCUT2D eigenvalue weighted by molar-refractivity contribution is 7.92. The van der Waals surface area contributed by atoms with E-state index in [2.05, 4.69) is 0 Å². The number of nitro benzene ring substituents is 2. The predicted molar refractivity (Wildman–Crippen MR) is 109 cm³/mol. The first kappa shape index (κ1) is 24.6. The maximum absolute atomic E-state index is 12.6. The van der Waals surface area contributed by atoms with Crippen molar-refractivity contribution in [1.29, 1.82) is 0 Å². The molecule has 33 heavy (non-hydrogen) atoms. The molecule has 0 radical (unpaired) electrons. The molecular weight excluding hydrogens is 508 g/mol. The molecule has 0 saturated carbocycles. The van der Waals surface area contributed by atoms with Gasteiger partial charge in [-0.15, -0.1) is 0 Å². The van der Waals surface area contributed by atoms with Gasteiger partial charge in [-0.3, -0.25) is 28.6 Å². The third-order valence-corrected chi connectivity index (χ3v) is 8.72. The summed E-state index contributed by atoms with van der Waals surface area (Å²) in [6, 6.07) is 7.51. The van der Waals surface area contributed by atoms with Crippen LogP contribution in [0.3, 0.4) is 0 Å². The number of hydrogen-bond donors (Lipinski definition) is 0. The molecule has 0 amide bonds. The second-order valence-corrected chi connectivity index (χ2v) is 12.1. The van der Waals surface area contributed by atoms with Crippen molar-refractivity contribution >= 4 is 41.4 Å². The molecule has 0 bridgehead atoms. The van der Waals surface area contributed by atoms with Crippen molar-refractivity contribution in [2.24, 2.45) is 0 Å². The summed E-state index contributed by atoms with van der Waals surface area (Å²) in [5.74, 6) is -1.81. The van der Waals surface area contributed by atoms with Crippen LogP contribution >= 0.6 is 0 Å². The van der Waals surface area contributed by atoms with Crippen LogP contribution < -0.4 is 0 Å². The first-order chi connectivity index (χ1) is 15.2. The van der Waals surface area contributed by atoms with E-state index in [-0.39, 0.29) is 0 Å². The molecule has 1 aliphatic rings. The van der Waals surface area contributed by atoms with E-state index in [4.69, 9.17) is 8.37 Å². The number of nitrogens with zero attached hydrogens (tertiary/aromatic N) is 2. The number of rotatable bonds is 8. The lowest BCUT2D eigenvalue weighted by Crippen LogP contribution is -2.34. The third kappa shape index (κ3) is 5.69. The Hall–Kier alpha value is -2.99. The van der Waals surface area contributed by atoms with Crippen molar-refractivity contribution in [3.05, 3.63) is 68.8 Å². The van der Waals surface area contributed by atoms with Crippen molar-refractivity contribution in [1.82, 2.24) is 0 Å². The lowest BCUT2D eigenvalue weighted by Gasteiger charge is -2.18. The number of benzene rings is 2. The van der Waals surface area contributed by atoms with E-state index >= 15 is 0 Å². The van der Waals surface area contributed by atoms with E-state index in [1.807, 2.05) is 0 Å². The van der Waals surface area contributed by atoms with Crippen LogP contribution in [0, 0.1) is 20.2 Å². The Morgan fingerprint density at radius 3 is 1.45 bits per heavy atom. The highest BCUT2D eigenvalue weighted by atomic mass is 32.2. The van der Waals surface area contributed by atoms with Crippen LogP contribution in [0.1, 0.15) is 0 Å². The molecule has 2 atom stereocenters. The Labute approximate surface area is 187 Å². The lowest BCUT2D eigenvalue weighted by atomic mass is 10.3. The summed E-state index contributed by atoms with van der Waals surface area (Å²) in [5, 5.41) is 21.8. The molecule has 3 rings (SSSR count). The molecule has 2 aromatic carbocycles. The quantitative estimate of drug-likeness (QED) is 0.268. The van der Waals surface area contributed by atoms with E-state index in [1.165, 1.54) is 0 Å². The topological polar surface area (TPSA) is 207 Å². The smallest absolute Gasteiger partial charge is 0.259 e. The minimum absolute atomic E-state index is 0.570.